The Morgan fingerprint density at radius 3 is 2.06 bits per heavy atom. The molecule has 3 fully saturated rings. The van der Waals surface area contributed by atoms with E-state index in [2.05, 4.69) is 0 Å². The van der Waals surface area contributed by atoms with Gasteiger partial charge in [0.05, 0.1) is 6.10 Å². The SMILES string of the molecule is O=C1CC2(CCCC2)CC(=O)N1C1CC(O)C1. The standard InChI is InChI=1S/C13H19NO3/c15-10-5-9(6-10)14-11(16)7-13(8-12(14)17)3-1-2-4-13/h9-10,15H,1-8H2. The van der Waals surface area contributed by atoms with Crippen LogP contribution in [0.25, 0.3) is 0 Å². The lowest BCUT2D eigenvalue weighted by Crippen LogP contribution is -2.56. The number of hydrogen-bond acceptors (Lipinski definition) is 3. The molecular formula is C13H19NO3. The van der Waals surface area contributed by atoms with Crippen molar-refractivity contribution in [3.8, 4) is 0 Å². The van der Waals surface area contributed by atoms with Gasteiger partial charge in [-0.25, -0.2) is 0 Å². The number of carbonyl (C=O) groups excluding carboxylic acids is 2. The van der Waals surface area contributed by atoms with Crippen LogP contribution in [0, 0.1) is 5.41 Å². The summed E-state index contributed by atoms with van der Waals surface area (Å²) >= 11 is 0. The second-order valence-corrected chi connectivity index (χ2v) is 6.00. The molecule has 3 rings (SSSR count). The number of nitrogens with zero attached hydrogens (tertiary/aromatic N) is 1. The molecule has 0 atom stereocenters. The Bertz CT molecular complexity index is 334. The fraction of sp³-hybridized carbons (Fsp3) is 0.846. The lowest BCUT2D eigenvalue weighted by Gasteiger charge is -2.45. The van der Waals surface area contributed by atoms with Crippen molar-refractivity contribution in [2.75, 3.05) is 0 Å². The lowest BCUT2D eigenvalue weighted by atomic mass is 9.75. The van der Waals surface area contributed by atoms with Gasteiger partial charge in [-0.1, -0.05) is 12.8 Å². The average Bonchev–Trinajstić information content (AvgIpc) is 2.62. The third kappa shape index (κ3) is 1.79. The van der Waals surface area contributed by atoms with Gasteiger partial charge in [0, 0.05) is 18.9 Å². The van der Waals surface area contributed by atoms with Crippen LogP contribution in [-0.2, 0) is 9.59 Å². The van der Waals surface area contributed by atoms with E-state index in [9.17, 15) is 14.7 Å². The Kier molecular flexibility index (Phi) is 2.51. The molecule has 2 aliphatic carbocycles. The maximum absolute atomic E-state index is 12.1. The number of piperidine rings is 1. The fourth-order valence-corrected chi connectivity index (χ4v) is 3.67. The minimum atomic E-state index is -0.317. The molecule has 94 valence electrons. The first kappa shape index (κ1) is 11.2. The van der Waals surface area contributed by atoms with Crippen molar-refractivity contribution in [2.24, 2.45) is 5.41 Å². The van der Waals surface area contributed by atoms with Gasteiger partial charge in [-0.05, 0) is 31.1 Å². The minimum absolute atomic E-state index is 0.0000463. The van der Waals surface area contributed by atoms with Crippen LogP contribution in [0.5, 0.6) is 0 Å². The van der Waals surface area contributed by atoms with Crippen molar-refractivity contribution in [1.82, 2.24) is 4.90 Å². The van der Waals surface area contributed by atoms with Crippen molar-refractivity contribution in [3.05, 3.63) is 0 Å². The number of imide groups is 1. The molecule has 0 radical (unpaired) electrons. The quantitative estimate of drug-likeness (QED) is 0.698. The van der Waals surface area contributed by atoms with Crippen LogP contribution in [0.4, 0.5) is 0 Å². The number of rotatable bonds is 1. The van der Waals surface area contributed by atoms with Gasteiger partial charge in [0.2, 0.25) is 11.8 Å². The summed E-state index contributed by atoms with van der Waals surface area (Å²) in [6.07, 6.45) is 6.30. The zero-order valence-electron chi connectivity index (χ0n) is 10.0. The highest BCUT2D eigenvalue weighted by atomic mass is 16.3. The predicted octanol–water partition coefficient (Wildman–Crippen LogP) is 1.22. The Balaban J connectivity index is 1.73. The van der Waals surface area contributed by atoms with Gasteiger partial charge in [0.15, 0.2) is 0 Å². The van der Waals surface area contributed by atoms with Crippen LogP contribution in [-0.4, -0.2) is 34.0 Å². The van der Waals surface area contributed by atoms with E-state index in [0.717, 1.165) is 25.7 Å². The van der Waals surface area contributed by atoms with E-state index in [1.165, 1.54) is 4.90 Å². The van der Waals surface area contributed by atoms with Crippen molar-refractivity contribution < 1.29 is 14.7 Å². The van der Waals surface area contributed by atoms with Crippen LogP contribution in [0.2, 0.25) is 0 Å². The highest BCUT2D eigenvalue weighted by Gasteiger charge is 2.48. The topological polar surface area (TPSA) is 57.6 Å². The minimum Gasteiger partial charge on any atom is -0.393 e. The maximum atomic E-state index is 12.1. The number of amides is 2. The fourth-order valence-electron chi connectivity index (χ4n) is 3.67. The van der Waals surface area contributed by atoms with Gasteiger partial charge in [-0.3, -0.25) is 14.5 Å². The number of carbonyl (C=O) groups is 2. The molecule has 0 aromatic carbocycles. The third-order valence-electron chi connectivity index (χ3n) is 4.71. The van der Waals surface area contributed by atoms with Crippen molar-refractivity contribution in [1.29, 1.82) is 0 Å². The summed E-state index contributed by atoms with van der Waals surface area (Å²) < 4.78 is 0. The molecule has 2 amide bonds. The van der Waals surface area contributed by atoms with E-state index in [4.69, 9.17) is 0 Å². The summed E-state index contributed by atoms with van der Waals surface area (Å²) in [6.45, 7) is 0. The predicted molar refractivity (Wildman–Crippen MR) is 61.0 cm³/mol. The summed E-state index contributed by atoms with van der Waals surface area (Å²) in [7, 11) is 0. The number of aliphatic hydroxyl groups excluding tert-OH is 1. The zero-order chi connectivity index (χ0) is 12.0. The Labute approximate surface area is 101 Å². The van der Waals surface area contributed by atoms with Gasteiger partial charge in [-0.15, -0.1) is 0 Å². The summed E-state index contributed by atoms with van der Waals surface area (Å²) in [6, 6.07) is -0.0243. The van der Waals surface area contributed by atoms with Gasteiger partial charge >= 0.3 is 0 Å². The molecular weight excluding hydrogens is 218 g/mol. The van der Waals surface area contributed by atoms with Gasteiger partial charge in [0.1, 0.15) is 0 Å². The second kappa shape index (κ2) is 3.80. The summed E-state index contributed by atoms with van der Waals surface area (Å²) in [4.78, 5) is 25.7. The summed E-state index contributed by atoms with van der Waals surface area (Å²) in [5, 5.41) is 9.28. The molecule has 3 aliphatic rings. The summed E-state index contributed by atoms with van der Waals surface area (Å²) in [5.74, 6) is 0.0000926. The van der Waals surface area contributed by atoms with E-state index in [1.54, 1.807) is 0 Å². The average molecular weight is 237 g/mol. The lowest BCUT2D eigenvalue weighted by molar-refractivity contribution is -0.161. The van der Waals surface area contributed by atoms with E-state index in [1.807, 2.05) is 0 Å². The molecule has 0 unspecified atom stereocenters. The number of aliphatic hydroxyl groups is 1. The highest BCUT2D eigenvalue weighted by Crippen LogP contribution is 2.48. The van der Waals surface area contributed by atoms with Gasteiger partial charge < -0.3 is 5.11 Å². The van der Waals surface area contributed by atoms with Crippen LogP contribution < -0.4 is 0 Å². The molecule has 1 heterocycles. The summed E-state index contributed by atoms with van der Waals surface area (Å²) in [5.41, 5.74) is -0.00691. The largest absolute Gasteiger partial charge is 0.393 e. The molecule has 0 bridgehead atoms. The second-order valence-electron chi connectivity index (χ2n) is 6.00. The number of hydrogen-bond donors (Lipinski definition) is 1. The first-order valence-corrected chi connectivity index (χ1v) is 6.63. The van der Waals surface area contributed by atoms with Crippen LogP contribution in [0.3, 0.4) is 0 Å². The molecule has 4 nitrogen and oxygen atoms in total. The molecule has 1 aliphatic heterocycles. The number of likely N-dealkylation sites (tertiary alicyclic amines) is 1. The van der Waals surface area contributed by atoms with E-state index < -0.39 is 0 Å². The Hall–Kier alpha value is -0.900. The smallest absolute Gasteiger partial charge is 0.230 e. The molecule has 0 aromatic heterocycles. The van der Waals surface area contributed by atoms with Crippen LogP contribution in [0.1, 0.15) is 51.4 Å². The normalized spacial score (nSPS) is 36.4. The van der Waals surface area contributed by atoms with Crippen molar-refractivity contribution in [2.45, 2.75) is 63.5 Å². The Morgan fingerprint density at radius 2 is 1.59 bits per heavy atom. The zero-order valence-corrected chi connectivity index (χ0v) is 10.0. The molecule has 4 heteroatoms. The Morgan fingerprint density at radius 1 is 1.06 bits per heavy atom. The first-order chi connectivity index (χ1) is 8.10. The molecule has 1 spiro atoms. The maximum Gasteiger partial charge on any atom is 0.230 e. The molecule has 17 heavy (non-hydrogen) atoms. The molecule has 2 saturated carbocycles. The van der Waals surface area contributed by atoms with E-state index in [-0.39, 0.29) is 29.4 Å². The van der Waals surface area contributed by atoms with Crippen LogP contribution in [0.15, 0.2) is 0 Å². The molecule has 1 saturated heterocycles. The van der Waals surface area contributed by atoms with E-state index in [0.29, 0.717) is 25.7 Å². The third-order valence-corrected chi connectivity index (χ3v) is 4.71. The van der Waals surface area contributed by atoms with E-state index >= 15 is 0 Å². The van der Waals surface area contributed by atoms with Crippen LogP contribution >= 0.6 is 0 Å². The highest BCUT2D eigenvalue weighted by molar-refractivity contribution is 5.99. The molecule has 0 aromatic rings. The van der Waals surface area contributed by atoms with Crippen molar-refractivity contribution in [3.63, 3.8) is 0 Å². The van der Waals surface area contributed by atoms with Gasteiger partial charge in [-0.2, -0.15) is 0 Å². The van der Waals surface area contributed by atoms with Crippen molar-refractivity contribution >= 4 is 11.8 Å². The molecule has 1 N–H and O–H groups in total. The first-order valence-electron chi connectivity index (χ1n) is 6.63. The monoisotopic (exact) mass is 237 g/mol. The van der Waals surface area contributed by atoms with Gasteiger partial charge in [0.25, 0.3) is 0 Å².